The van der Waals surface area contributed by atoms with E-state index in [-0.39, 0.29) is 5.38 Å². The fourth-order valence-electron chi connectivity index (χ4n) is 1.77. The maximum Gasteiger partial charge on any atom is 0.120 e. The number of nitriles is 1. The normalized spacial score (nSPS) is 22.5. The minimum Gasteiger partial charge on any atom is -0.197 e. The van der Waals surface area contributed by atoms with Gasteiger partial charge >= 0.3 is 0 Å². The molecule has 0 heterocycles. The van der Waals surface area contributed by atoms with E-state index in [1.807, 2.05) is 0 Å². The molecular formula is C9H14ClN. The smallest absolute Gasteiger partial charge is 0.120 e. The molecule has 0 radical (unpaired) electrons. The maximum absolute atomic E-state index is 8.48. The number of alkyl halides is 1. The summed E-state index contributed by atoms with van der Waals surface area (Å²) < 4.78 is 0. The van der Waals surface area contributed by atoms with Crippen LogP contribution in [0.2, 0.25) is 0 Å². The van der Waals surface area contributed by atoms with Crippen molar-refractivity contribution in [2.75, 3.05) is 0 Å². The standard InChI is InChI=1S/C9H14ClN/c10-9(7-11)6-8-4-2-1-3-5-8/h8-9H,1-6H2. The van der Waals surface area contributed by atoms with Gasteiger partial charge in [-0.05, 0) is 12.3 Å². The van der Waals surface area contributed by atoms with Gasteiger partial charge in [0, 0.05) is 0 Å². The van der Waals surface area contributed by atoms with Gasteiger partial charge < -0.3 is 0 Å². The lowest BCUT2D eigenvalue weighted by atomic mass is 9.86. The molecule has 0 N–H and O–H groups in total. The van der Waals surface area contributed by atoms with Crippen molar-refractivity contribution in [2.24, 2.45) is 5.92 Å². The predicted molar refractivity (Wildman–Crippen MR) is 46.4 cm³/mol. The van der Waals surface area contributed by atoms with Gasteiger partial charge in [0.25, 0.3) is 0 Å². The molecule has 0 aromatic rings. The summed E-state index contributed by atoms with van der Waals surface area (Å²) in [4.78, 5) is 0. The lowest BCUT2D eigenvalue weighted by Crippen LogP contribution is -2.10. The molecule has 1 nitrogen and oxygen atoms in total. The van der Waals surface area contributed by atoms with Crippen molar-refractivity contribution < 1.29 is 0 Å². The quantitative estimate of drug-likeness (QED) is 0.586. The van der Waals surface area contributed by atoms with E-state index in [1.54, 1.807) is 0 Å². The Bertz CT molecular complexity index is 144. The van der Waals surface area contributed by atoms with Gasteiger partial charge in [-0.3, -0.25) is 0 Å². The van der Waals surface area contributed by atoms with E-state index in [9.17, 15) is 0 Å². The van der Waals surface area contributed by atoms with Crippen molar-refractivity contribution in [2.45, 2.75) is 43.9 Å². The molecule has 2 heteroatoms. The molecule has 1 saturated carbocycles. The predicted octanol–water partition coefficient (Wildman–Crippen LogP) is 3.09. The molecule has 0 aliphatic heterocycles. The Kier molecular flexibility index (Phi) is 3.72. The molecule has 0 bridgehead atoms. The summed E-state index contributed by atoms with van der Waals surface area (Å²) in [6, 6.07) is 2.08. The van der Waals surface area contributed by atoms with Crippen molar-refractivity contribution in [1.29, 1.82) is 5.26 Å². The summed E-state index contributed by atoms with van der Waals surface area (Å²) in [5, 5.41) is 8.23. The number of hydrogen-bond acceptors (Lipinski definition) is 1. The number of halogens is 1. The first kappa shape index (κ1) is 8.87. The fourth-order valence-corrected chi connectivity index (χ4v) is 2.02. The third-order valence-electron chi connectivity index (χ3n) is 2.41. The van der Waals surface area contributed by atoms with Crippen molar-refractivity contribution in [3.63, 3.8) is 0 Å². The molecule has 1 rings (SSSR count). The topological polar surface area (TPSA) is 23.8 Å². The summed E-state index contributed by atoms with van der Waals surface area (Å²) in [7, 11) is 0. The SMILES string of the molecule is N#CC(Cl)CC1CCCCC1. The van der Waals surface area contributed by atoms with Gasteiger partial charge in [0.15, 0.2) is 0 Å². The second kappa shape index (κ2) is 4.62. The van der Waals surface area contributed by atoms with E-state index < -0.39 is 0 Å². The molecule has 0 aromatic carbocycles. The zero-order chi connectivity index (χ0) is 8.10. The number of rotatable bonds is 2. The zero-order valence-electron chi connectivity index (χ0n) is 6.72. The molecule has 0 saturated heterocycles. The minimum atomic E-state index is -0.252. The lowest BCUT2D eigenvalue weighted by molar-refractivity contribution is 0.343. The van der Waals surface area contributed by atoms with Crippen LogP contribution in [0.4, 0.5) is 0 Å². The van der Waals surface area contributed by atoms with Crippen LogP contribution < -0.4 is 0 Å². The molecule has 1 aliphatic carbocycles. The molecule has 1 unspecified atom stereocenters. The van der Waals surface area contributed by atoms with Crippen molar-refractivity contribution in [3.05, 3.63) is 0 Å². The van der Waals surface area contributed by atoms with Gasteiger partial charge in [-0.15, -0.1) is 11.6 Å². The highest BCUT2D eigenvalue weighted by Gasteiger charge is 2.16. The average molecular weight is 172 g/mol. The van der Waals surface area contributed by atoms with Gasteiger partial charge in [-0.1, -0.05) is 32.1 Å². The first-order chi connectivity index (χ1) is 5.33. The Labute approximate surface area is 73.3 Å². The Balaban J connectivity index is 2.20. The highest BCUT2D eigenvalue weighted by Crippen LogP contribution is 2.28. The fraction of sp³-hybridized carbons (Fsp3) is 0.889. The largest absolute Gasteiger partial charge is 0.197 e. The first-order valence-corrected chi connectivity index (χ1v) is 4.80. The third-order valence-corrected chi connectivity index (χ3v) is 2.68. The molecule has 1 fully saturated rings. The van der Waals surface area contributed by atoms with E-state index in [2.05, 4.69) is 6.07 Å². The maximum atomic E-state index is 8.48. The van der Waals surface area contributed by atoms with Gasteiger partial charge in [0.2, 0.25) is 0 Å². The molecular weight excluding hydrogens is 158 g/mol. The van der Waals surface area contributed by atoms with Crippen LogP contribution in [0.5, 0.6) is 0 Å². The summed E-state index contributed by atoms with van der Waals surface area (Å²) in [5.41, 5.74) is 0. The molecule has 0 aromatic heterocycles. The summed E-state index contributed by atoms with van der Waals surface area (Å²) >= 11 is 5.74. The number of hydrogen-bond donors (Lipinski definition) is 0. The van der Waals surface area contributed by atoms with Gasteiger partial charge in [-0.2, -0.15) is 5.26 Å². The lowest BCUT2D eigenvalue weighted by Gasteiger charge is -2.21. The highest BCUT2D eigenvalue weighted by atomic mass is 35.5. The molecule has 11 heavy (non-hydrogen) atoms. The van der Waals surface area contributed by atoms with Crippen LogP contribution in [-0.4, -0.2) is 5.38 Å². The highest BCUT2D eigenvalue weighted by molar-refractivity contribution is 6.22. The minimum absolute atomic E-state index is 0.252. The summed E-state index contributed by atoms with van der Waals surface area (Å²) in [6.07, 6.45) is 7.50. The zero-order valence-corrected chi connectivity index (χ0v) is 7.48. The van der Waals surface area contributed by atoms with Gasteiger partial charge in [0.05, 0.1) is 6.07 Å². The third kappa shape index (κ3) is 3.12. The van der Waals surface area contributed by atoms with Crippen molar-refractivity contribution >= 4 is 11.6 Å². The van der Waals surface area contributed by atoms with Crippen molar-refractivity contribution in [3.8, 4) is 6.07 Å². The Hall–Kier alpha value is -0.220. The molecule has 0 amide bonds. The van der Waals surface area contributed by atoms with Crippen molar-refractivity contribution in [1.82, 2.24) is 0 Å². The molecule has 62 valence electrons. The van der Waals surface area contributed by atoms with Gasteiger partial charge in [0.1, 0.15) is 5.38 Å². The Morgan fingerprint density at radius 1 is 1.36 bits per heavy atom. The summed E-state index contributed by atoms with van der Waals surface area (Å²) in [6.45, 7) is 0. The average Bonchev–Trinajstić information content (AvgIpc) is 2.06. The monoisotopic (exact) mass is 171 g/mol. The van der Waals surface area contributed by atoms with E-state index in [1.165, 1.54) is 32.1 Å². The van der Waals surface area contributed by atoms with Gasteiger partial charge in [-0.25, -0.2) is 0 Å². The second-order valence-corrected chi connectivity index (χ2v) is 3.86. The number of nitrogens with zero attached hydrogens (tertiary/aromatic N) is 1. The van der Waals surface area contributed by atoms with E-state index in [0.717, 1.165) is 12.3 Å². The molecule has 0 spiro atoms. The van der Waals surface area contributed by atoms with E-state index in [0.29, 0.717) is 0 Å². The van der Waals surface area contributed by atoms with E-state index >= 15 is 0 Å². The van der Waals surface area contributed by atoms with Crippen LogP contribution in [0.25, 0.3) is 0 Å². The van der Waals surface area contributed by atoms with Crippen LogP contribution in [0.1, 0.15) is 38.5 Å². The summed E-state index contributed by atoms with van der Waals surface area (Å²) in [5.74, 6) is 0.728. The molecule has 1 atom stereocenters. The van der Waals surface area contributed by atoms with Crippen LogP contribution in [0.3, 0.4) is 0 Å². The van der Waals surface area contributed by atoms with Crippen LogP contribution in [0.15, 0.2) is 0 Å². The Morgan fingerprint density at radius 2 is 2.00 bits per heavy atom. The van der Waals surface area contributed by atoms with Crippen LogP contribution >= 0.6 is 11.6 Å². The van der Waals surface area contributed by atoms with Crippen LogP contribution in [-0.2, 0) is 0 Å². The Morgan fingerprint density at radius 3 is 2.55 bits per heavy atom. The van der Waals surface area contributed by atoms with E-state index in [4.69, 9.17) is 16.9 Å². The van der Waals surface area contributed by atoms with Crippen LogP contribution in [0, 0.1) is 17.2 Å². The molecule has 1 aliphatic rings. The first-order valence-electron chi connectivity index (χ1n) is 4.36. The second-order valence-electron chi connectivity index (χ2n) is 3.34.